The summed E-state index contributed by atoms with van der Waals surface area (Å²) in [6.45, 7) is 2.10. The van der Waals surface area contributed by atoms with Crippen molar-refractivity contribution in [1.82, 2.24) is 19.5 Å². The van der Waals surface area contributed by atoms with Gasteiger partial charge in [-0.25, -0.2) is 15.0 Å². The Labute approximate surface area is 129 Å². The minimum absolute atomic E-state index is 0.802. The maximum atomic E-state index is 4.81. The number of thiophene rings is 1. The molecule has 0 saturated heterocycles. The third-order valence-electron chi connectivity index (χ3n) is 3.39. The van der Waals surface area contributed by atoms with Crippen LogP contribution in [0.1, 0.15) is 5.56 Å². The maximum Gasteiger partial charge on any atom is 0.155 e. The number of fused-ring (bicyclic) bond motifs is 3. The fourth-order valence-electron chi connectivity index (χ4n) is 2.40. The fourth-order valence-corrected chi connectivity index (χ4v) is 4.31. The van der Waals surface area contributed by atoms with Gasteiger partial charge in [-0.05, 0) is 23.9 Å². The van der Waals surface area contributed by atoms with E-state index < -0.39 is 0 Å². The second kappa shape index (κ2) is 4.51. The molecule has 0 aliphatic heterocycles. The lowest BCUT2D eigenvalue weighted by molar-refractivity contribution is 0.949. The van der Waals surface area contributed by atoms with Crippen LogP contribution < -0.4 is 5.32 Å². The van der Waals surface area contributed by atoms with Gasteiger partial charge in [-0.1, -0.05) is 11.3 Å². The van der Waals surface area contributed by atoms with Crippen LogP contribution in [0.2, 0.25) is 0 Å². The Morgan fingerprint density at radius 2 is 2.10 bits per heavy atom. The molecule has 0 aliphatic carbocycles. The van der Waals surface area contributed by atoms with Gasteiger partial charge in [0.15, 0.2) is 5.82 Å². The molecule has 0 fully saturated rings. The van der Waals surface area contributed by atoms with Crippen LogP contribution in [0.5, 0.6) is 0 Å². The van der Waals surface area contributed by atoms with Crippen LogP contribution in [0.15, 0.2) is 17.8 Å². The monoisotopic (exact) mass is 315 g/mol. The molecule has 106 valence electrons. The van der Waals surface area contributed by atoms with Gasteiger partial charge < -0.3 is 9.88 Å². The van der Waals surface area contributed by atoms with Gasteiger partial charge in [0.05, 0.1) is 11.2 Å². The number of anilines is 1. The molecular formula is C14H13N5S2. The van der Waals surface area contributed by atoms with Crippen LogP contribution in [0.4, 0.5) is 5.82 Å². The summed E-state index contributed by atoms with van der Waals surface area (Å²) in [5, 5.41) is 6.29. The highest BCUT2D eigenvalue weighted by Gasteiger charge is 2.17. The first-order valence-electron chi connectivity index (χ1n) is 6.52. The molecule has 0 atom stereocenters. The Bertz CT molecular complexity index is 963. The Morgan fingerprint density at radius 3 is 2.81 bits per heavy atom. The van der Waals surface area contributed by atoms with Crippen molar-refractivity contribution in [2.24, 2.45) is 7.05 Å². The average Bonchev–Trinajstić information content (AvgIpc) is 3.15. The largest absolute Gasteiger partial charge is 0.371 e. The topological polar surface area (TPSA) is 55.6 Å². The normalized spacial score (nSPS) is 11.6. The van der Waals surface area contributed by atoms with Crippen LogP contribution >= 0.6 is 22.7 Å². The number of rotatable bonds is 2. The second-order valence-electron chi connectivity index (χ2n) is 4.92. The van der Waals surface area contributed by atoms with Crippen LogP contribution in [0.3, 0.4) is 0 Å². The number of imidazole rings is 1. The minimum atomic E-state index is 0.802. The molecule has 1 N–H and O–H groups in total. The zero-order valence-electron chi connectivity index (χ0n) is 11.8. The van der Waals surface area contributed by atoms with E-state index in [1.807, 2.05) is 18.7 Å². The van der Waals surface area contributed by atoms with Gasteiger partial charge in [0.2, 0.25) is 0 Å². The van der Waals surface area contributed by atoms with Crippen molar-refractivity contribution in [2.75, 3.05) is 12.4 Å². The van der Waals surface area contributed by atoms with E-state index in [2.05, 4.69) is 33.7 Å². The zero-order chi connectivity index (χ0) is 14.6. The highest BCUT2D eigenvalue weighted by Crippen LogP contribution is 2.37. The molecule has 4 aromatic heterocycles. The molecule has 0 bridgehead atoms. The van der Waals surface area contributed by atoms with Crippen molar-refractivity contribution in [3.05, 3.63) is 23.3 Å². The number of nitrogens with zero attached hydrogens (tertiary/aromatic N) is 4. The van der Waals surface area contributed by atoms with Crippen LogP contribution in [-0.4, -0.2) is 26.6 Å². The van der Waals surface area contributed by atoms with E-state index in [0.29, 0.717) is 0 Å². The van der Waals surface area contributed by atoms with Gasteiger partial charge in [0, 0.05) is 14.1 Å². The van der Waals surface area contributed by atoms with Crippen molar-refractivity contribution in [1.29, 1.82) is 0 Å². The summed E-state index contributed by atoms with van der Waals surface area (Å²) >= 11 is 3.35. The number of hydrogen-bond donors (Lipinski definition) is 1. The SMILES string of the molecule is CNc1nc2sc(-c3cc(C)cs3)nc2c2c1ncn2C. The first-order chi connectivity index (χ1) is 10.2. The van der Waals surface area contributed by atoms with Crippen LogP contribution in [0.25, 0.3) is 31.3 Å². The van der Waals surface area contributed by atoms with Gasteiger partial charge in [-0.3, -0.25) is 0 Å². The van der Waals surface area contributed by atoms with E-state index in [1.54, 1.807) is 29.0 Å². The molecule has 4 aromatic rings. The quantitative estimate of drug-likeness (QED) is 0.613. The van der Waals surface area contributed by atoms with Gasteiger partial charge in [-0.2, -0.15) is 0 Å². The molecule has 7 heteroatoms. The average molecular weight is 315 g/mol. The Balaban J connectivity index is 2.07. The molecule has 0 unspecified atom stereocenters. The van der Waals surface area contributed by atoms with Gasteiger partial charge >= 0.3 is 0 Å². The van der Waals surface area contributed by atoms with Crippen molar-refractivity contribution in [3.63, 3.8) is 0 Å². The molecule has 0 radical (unpaired) electrons. The first-order valence-corrected chi connectivity index (χ1v) is 8.22. The zero-order valence-corrected chi connectivity index (χ0v) is 13.5. The van der Waals surface area contributed by atoms with E-state index in [4.69, 9.17) is 4.98 Å². The van der Waals surface area contributed by atoms with Crippen molar-refractivity contribution < 1.29 is 0 Å². The van der Waals surface area contributed by atoms with Crippen LogP contribution in [0, 0.1) is 6.92 Å². The maximum absolute atomic E-state index is 4.81. The molecule has 4 heterocycles. The summed E-state index contributed by atoms with van der Waals surface area (Å²) in [7, 11) is 3.86. The minimum Gasteiger partial charge on any atom is -0.371 e. The first kappa shape index (κ1) is 12.7. The smallest absolute Gasteiger partial charge is 0.155 e. The number of aryl methyl sites for hydroxylation is 2. The van der Waals surface area contributed by atoms with Gasteiger partial charge in [-0.15, -0.1) is 11.3 Å². The highest BCUT2D eigenvalue weighted by atomic mass is 32.1. The summed E-state index contributed by atoms with van der Waals surface area (Å²) in [5.74, 6) is 0.802. The van der Waals surface area contributed by atoms with Crippen molar-refractivity contribution in [3.8, 4) is 9.88 Å². The van der Waals surface area contributed by atoms with E-state index in [0.717, 1.165) is 32.2 Å². The molecule has 0 saturated carbocycles. The number of pyridine rings is 1. The number of thiazole rings is 1. The summed E-state index contributed by atoms with van der Waals surface area (Å²) < 4.78 is 2.00. The van der Waals surface area contributed by atoms with E-state index >= 15 is 0 Å². The van der Waals surface area contributed by atoms with E-state index in [-0.39, 0.29) is 0 Å². The molecule has 0 aliphatic rings. The summed E-state index contributed by atoms with van der Waals surface area (Å²) in [5.41, 5.74) is 4.09. The summed E-state index contributed by atoms with van der Waals surface area (Å²) in [4.78, 5) is 16.0. The summed E-state index contributed by atoms with van der Waals surface area (Å²) in [6, 6.07) is 2.17. The van der Waals surface area contributed by atoms with Crippen molar-refractivity contribution in [2.45, 2.75) is 6.92 Å². The lowest BCUT2D eigenvalue weighted by Gasteiger charge is -2.01. The van der Waals surface area contributed by atoms with Crippen LogP contribution in [-0.2, 0) is 7.05 Å². The van der Waals surface area contributed by atoms with E-state index in [9.17, 15) is 0 Å². The predicted molar refractivity (Wildman–Crippen MR) is 89.3 cm³/mol. The lowest BCUT2D eigenvalue weighted by Crippen LogP contribution is -1.95. The Kier molecular flexibility index (Phi) is 2.73. The Hall–Kier alpha value is -1.99. The predicted octanol–water partition coefficient (Wildman–Crippen LogP) is 3.66. The van der Waals surface area contributed by atoms with Gasteiger partial charge in [0.25, 0.3) is 0 Å². The molecule has 21 heavy (non-hydrogen) atoms. The number of hydrogen-bond acceptors (Lipinski definition) is 6. The third-order valence-corrected chi connectivity index (χ3v) is 5.55. The lowest BCUT2D eigenvalue weighted by atomic mass is 10.3. The molecular weight excluding hydrogens is 302 g/mol. The Morgan fingerprint density at radius 1 is 1.24 bits per heavy atom. The van der Waals surface area contributed by atoms with Crippen molar-refractivity contribution >= 4 is 49.9 Å². The molecule has 5 nitrogen and oxygen atoms in total. The highest BCUT2D eigenvalue weighted by molar-refractivity contribution is 7.25. The standard InChI is InChI=1S/C14H13N5S2/c1-7-4-8(20-5-7)13-17-10-11-9(16-6-19(11)3)12(15-2)18-14(10)21-13/h4-6H,1-3H3,(H,15,18). The number of aromatic nitrogens is 4. The number of nitrogens with one attached hydrogen (secondary N) is 1. The second-order valence-corrected chi connectivity index (χ2v) is 6.81. The fraction of sp³-hybridized carbons (Fsp3) is 0.214. The third kappa shape index (κ3) is 1.85. The summed E-state index contributed by atoms with van der Waals surface area (Å²) in [6.07, 6.45) is 1.81. The molecule has 0 aromatic carbocycles. The molecule has 0 spiro atoms. The molecule has 0 amide bonds. The van der Waals surface area contributed by atoms with E-state index in [1.165, 1.54) is 10.4 Å². The van der Waals surface area contributed by atoms with Gasteiger partial charge in [0.1, 0.15) is 26.4 Å². The molecule has 4 rings (SSSR count).